The van der Waals surface area contributed by atoms with Crippen LogP contribution in [0.2, 0.25) is 10.0 Å². The molecule has 0 unspecified atom stereocenters. The third kappa shape index (κ3) is 6.32. The summed E-state index contributed by atoms with van der Waals surface area (Å²) in [7, 11) is 1.44. The molecule has 2 aromatic carbocycles. The summed E-state index contributed by atoms with van der Waals surface area (Å²) in [6, 6.07) is 13.4. The van der Waals surface area contributed by atoms with Crippen molar-refractivity contribution in [2.75, 3.05) is 13.6 Å². The minimum absolute atomic E-state index is 0.0643. The number of aliphatic hydroxyl groups is 1. The number of benzene rings is 2. The summed E-state index contributed by atoms with van der Waals surface area (Å²) >= 11 is 12.3. The molecule has 32 heavy (non-hydrogen) atoms. The molecule has 0 spiro atoms. The normalized spacial score (nSPS) is 11.2. The van der Waals surface area contributed by atoms with E-state index in [2.05, 4.69) is 5.32 Å². The van der Waals surface area contributed by atoms with Crippen LogP contribution in [0.25, 0.3) is 0 Å². The van der Waals surface area contributed by atoms with Gasteiger partial charge in [-0.25, -0.2) is 0 Å². The van der Waals surface area contributed by atoms with Crippen molar-refractivity contribution in [2.24, 2.45) is 0 Å². The standard InChI is InChI=1S/C22H21Cl2N3O5/c1-26(12-15-6-2-4-8-17(15)23)21(31)19(20(30)25-10-11-28)22(32)27(14-29)13-16-7-3-5-9-18(16)24/h2-9,11,14,31H,10,12-13H2,1H3,(H,25,30)/b21-19+. The van der Waals surface area contributed by atoms with Crippen LogP contribution < -0.4 is 5.32 Å². The van der Waals surface area contributed by atoms with Crippen molar-refractivity contribution in [3.05, 3.63) is 81.2 Å². The van der Waals surface area contributed by atoms with Gasteiger partial charge in [-0.2, -0.15) is 0 Å². The van der Waals surface area contributed by atoms with E-state index in [4.69, 9.17) is 23.2 Å². The molecule has 0 saturated carbocycles. The first kappa shape index (κ1) is 24.9. The molecule has 168 valence electrons. The fourth-order valence-corrected chi connectivity index (χ4v) is 3.17. The van der Waals surface area contributed by atoms with Crippen molar-refractivity contribution >= 4 is 47.7 Å². The average Bonchev–Trinajstić information content (AvgIpc) is 2.78. The SMILES string of the molecule is CN(Cc1ccccc1Cl)/C(O)=C(/C(=O)NCC=O)C(=O)N(C=O)Cc1ccccc1Cl. The number of aldehydes is 1. The Morgan fingerprint density at radius 1 is 0.969 bits per heavy atom. The average molecular weight is 478 g/mol. The van der Waals surface area contributed by atoms with Gasteiger partial charge < -0.3 is 20.1 Å². The summed E-state index contributed by atoms with van der Waals surface area (Å²) < 4.78 is 0. The zero-order valence-corrected chi connectivity index (χ0v) is 18.6. The third-order valence-corrected chi connectivity index (χ3v) is 5.16. The molecule has 0 radical (unpaired) electrons. The molecule has 2 N–H and O–H groups in total. The van der Waals surface area contributed by atoms with E-state index in [1.165, 1.54) is 11.9 Å². The fourth-order valence-electron chi connectivity index (χ4n) is 2.78. The lowest BCUT2D eigenvalue weighted by molar-refractivity contribution is -0.137. The molecule has 0 aliphatic carbocycles. The number of hydrogen-bond acceptors (Lipinski definition) is 6. The van der Waals surface area contributed by atoms with E-state index in [0.717, 1.165) is 0 Å². The van der Waals surface area contributed by atoms with Gasteiger partial charge in [0.1, 0.15) is 6.29 Å². The van der Waals surface area contributed by atoms with Gasteiger partial charge in [-0.3, -0.25) is 19.3 Å². The van der Waals surface area contributed by atoms with Crippen molar-refractivity contribution in [3.63, 3.8) is 0 Å². The van der Waals surface area contributed by atoms with Crippen LogP contribution in [0, 0.1) is 0 Å². The van der Waals surface area contributed by atoms with E-state index in [1.807, 2.05) is 0 Å². The van der Waals surface area contributed by atoms with E-state index in [0.29, 0.717) is 32.4 Å². The van der Waals surface area contributed by atoms with E-state index in [1.54, 1.807) is 48.5 Å². The lowest BCUT2D eigenvalue weighted by Gasteiger charge is -2.23. The largest absolute Gasteiger partial charge is 0.494 e. The highest BCUT2D eigenvalue weighted by Gasteiger charge is 2.30. The zero-order chi connectivity index (χ0) is 23.7. The van der Waals surface area contributed by atoms with Crippen molar-refractivity contribution < 1.29 is 24.3 Å². The number of carbonyl (C=O) groups excluding carboxylic acids is 4. The monoisotopic (exact) mass is 477 g/mol. The molecule has 2 aromatic rings. The maximum Gasteiger partial charge on any atom is 0.271 e. The molecule has 0 fully saturated rings. The number of imide groups is 1. The van der Waals surface area contributed by atoms with Crippen LogP contribution in [0.15, 0.2) is 60.0 Å². The minimum atomic E-state index is -1.06. The summed E-state index contributed by atoms with van der Waals surface area (Å²) in [5, 5.41) is 13.7. The molecule has 0 saturated heterocycles. The van der Waals surface area contributed by atoms with E-state index >= 15 is 0 Å². The Labute approximate surface area is 195 Å². The molecule has 0 aromatic heterocycles. The van der Waals surface area contributed by atoms with Crippen molar-refractivity contribution in [2.45, 2.75) is 13.1 Å². The molecule has 0 aliphatic heterocycles. The second kappa shape index (κ2) is 11.9. The number of hydrogen-bond donors (Lipinski definition) is 2. The number of carbonyl (C=O) groups is 4. The predicted octanol–water partition coefficient (Wildman–Crippen LogP) is 2.70. The Bertz CT molecular complexity index is 1040. The van der Waals surface area contributed by atoms with Gasteiger partial charge >= 0.3 is 0 Å². The van der Waals surface area contributed by atoms with Crippen LogP contribution in [0.5, 0.6) is 0 Å². The Hall–Kier alpha value is -3.36. The second-order valence-corrected chi connectivity index (χ2v) is 7.47. The van der Waals surface area contributed by atoms with E-state index in [9.17, 15) is 24.3 Å². The summed E-state index contributed by atoms with van der Waals surface area (Å²) in [5.74, 6) is -2.77. The van der Waals surface area contributed by atoms with E-state index in [-0.39, 0.29) is 26.0 Å². The first-order chi connectivity index (χ1) is 15.3. The van der Waals surface area contributed by atoms with Gasteiger partial charge in [0.05, 0.1) is 13.1 Å². The van der Waals surface area contributed by atoms with Gasteiger partial charge in [-0.1, -0.05) is 59.6 Å². The maximum atomic E-state index is 13.1. The summed E-state index contributed by atoms with van der Waals surface area (Å²) in [6.07, 6.45) is 0.658. The summed E-state index contributed by atoms with van der Waals surface area (Å²) in [4.78, 5) is 50.0. The Morgan fingerprint density at radius 2 is 1.50 bits per heavy atom. The number of nitrogens with zero attached hydrogens (tertiary/aromatic N) is 2. The van der Waals surface area contributed by atoms with Gasteiger partial charge in [0.15, 0.2) is 5.57 Å². The molecular weight excluding hydrogens is 457 g/mol. The van der Waals surface area contributed by atoms with Crippen molar-refractivity contribution in [3.8, 4) is 0 Å². The predicted molar refractivity (Wildman–Crippen MR) is 120 cm³/mol. The zero-order valence-electron chi connectivity index (χ0n) is 17.1. The molecule has 8 nitrogen and oxygen atoms in total. The molecule has 3 amide bonds. The highest BCUT2D eigenvalue weighted by atomic mass is 35.5. The molecule has 0 aliphatic rings. The van der Waals surface area contributed by atoms with Crippen LogP contribution >= 0.6 is 23.2 Å². The lowest BCUT2D eigenvalue weighted by atomic mass is 10.1. The van der Waals surface area contributed by atoms with Gasteiger partial charge in [0.2, 0.25) is 12.3 Å². The van der Waals surface area contributed by atoms with Crippen molar-refractivity contribution in [1.29, 1.82) is 0 Å². The van der Waals surface area contributed by atoms with E-state index < -0.39 is 23.3 Å². The number of amides is 3. The van der Waals surface area contributed by atoms with Gasteiger partial charge in [-0.15, -0.1) is 0 Å². The number of nitrogens with one attached hydrogen (secondary N) is 1. The fraction of sp³-hybridized carbons (Fsp3) is 0.182. The van der Waals surface area contributed by atoms with Gasteiger partial charge in [0, 0.05) is 23.6 Å². The highest BCUT2D eigenvalue weighted by molar-refractivity contribution is 6.31. The summed E-state index contributed by atoms with van der Waals surface area (Å²) in [5.41, 5.74) is 0.387. The van der Waals surface area contributed by atoms with Crippen LogP contribution in [-0.4, -0.2) is 53.0 Å². The van der Waals surface area contributed by atoms with Crippen molar-refractivity contribution in [1.82, 2.24) is 15.1 Å². The molecule has 0 bridgehead atoms. The molecule has 10 heteroatoms. The van der Waals surface area contributed by atoms with Gasteiger partial charge in [-0.05, 0) is 23.3 Å². The summed E-state index contributed by atoms with van der Waals surface area (Å²) in [6.45, 7) is -0.550. The molecule has 0 heterocycles. The van der Waals surface area contributed by atoms with Crippen LogP contribution in [0.3, 0.4) is 0 Å². The lowest BCUT2D eigenvalue weighted by Crippen LogP contribution is -2.40. The molecule has 2 rings (SSSR count). The first-order valence-electron chi connectivity index (χ1n) is 9.39. The third-order valence-electron chi connectivity index (χ3n) is 4.42. The topological polar surface area (TPSA) is 107 Å². The quantitative estimate of drug-likeness (QED) is 0.179. The number of rotatable bonds is 10. The Balaban J connectivity index is 2.41. The Kier molecular flexibility index (Phi) is 9.24. The molecule has 0 atom stereocenters. The molecular formula is C22H21Cl2N3O5. The van der Waals surface area contributed by atoms with Gasteiger partial charge in [0.25, 0.3) is 11.8 Å². The second-order valence-electron chi connectivity index (χ2n) is 6.65. The van der Waals surface area contributed by atoms with Crippen LogP contribution in [0.1, 0.15) is 11.1 Å². The minimum Gasteiger partial charge on any atom is -0.494 e. The highest BCUT2D eigenvalue weighted by Crippen LogP contribution is 2.21. The Morgan fingerprint density at radius 3 is 2.00 bits per heavy atom. The number of aliphatic hydroxyl groups excluding tert-OH is 1. The van der Waals surface area contributed by atoms with Crippen LogP contribution in [0.4, 0.5) is 0 Å². The smallest absolute Gasteiger partial charge is 0.271 e. The van der Waals surface area contributed by atoms with Crippen LogP contribution in [-0.2, 0) is 32.3 Å². The first-order valence-corrected chi connectivity index (χ1v) is 10.1. The number of halogens is 2. The maximum absolute atomic E-state index is 13.1.